The van der Waals surface area contributed by atoms with Crippen molar-refractivity contribution in [2.24, 2.45) is 0 Å². The van der Waals surface area contributed by atoms with Crippen molar-refractivity contribution in [2.75, 3.05) is 0 Å². The van der Waals surface area contributed by atoms with E-state index in [1.807, 2.05) is 18.2 Å². The lowest BCUT2D eigenvalue weighted by Gasteiger charge is -2.21. The molecule has 98 heavy (non-hydrogen) atoms. The normalized spacial score (nSPS) is 13.1. The number of benzene rings is 16. The van der Waals surface area contributed by atoms with E-state index in [1.54, 1.807) is 0 Å². The van der Waals surface area contributed by atoms with Crippen molar-refractivity contribution in [1.82, 2.24) is 29.1 Å². The lowest BCUT2D eigenvalue weighted by atomic mass is 9.84. The van der Waals surface area contributed by atoms with Crippen molar-refractivity contribution in [1.29, 1.82) is 0 Å². The Morgan fingerprint density at radius 1 is 0.286 bits per heavy atom. The van der Waals surface area contributed by atoms with E-state index in [0.29, 0.717) is 17.6 Å². The van der Waals surface area contributed by atoms with Crippen molar-refractivity contribution in [3.05, 3.63) is 302 Å². The molecule has 1 aliphatic rings. The molecule has 454 valence electrons. The molecule has 1 aliphatic carbocycles. The molecular weight excluding hydrogens is 1190 g/mol. The molecule has 0 fully saturated rings. The van der Waals surface area contributed by atoms with Gasteiger partial charge in [0, 0.05) is 59.8 Å². The lowest BCUT2D eigenvalue weighted by Crippen LogP contribution is -2.18. The maximum absolute atomic E-state index is 6.66. The Hall–Kier alpha value is -12.8. The monoisotopic (exact) mass is 1250 g/mol. The predicted octanol–water partition coefficient (Wildman–Crippen LogP) is 23.9. The van der Waals surface area contributed by atoms with Crippen molar-refractivity contribution in [3.8, 4) is 56.7 Å². The van der Waals surface area contributed by atoms with Gasteiger partial charge < -0.3 is 4.42 Å². The first-order valence-electron chi connectivity index (χ1n) is 33.7. The van der Waals surface area contributed by atoms with E-state index >= 15 is 0 Å². The SMILES string of the molecule is CC1(C)c2ccc(-c3ccc4c(c3)c3ccccc3c3ccc5c(c6cc7ccccc7cc6n5-c5nc(-c6ccccc6)c6c(n5)oc5ccccc56)c34)cc2-c2c(-c3ccccc3)nc(-n3c4cc5ccccc5cc4c4c5c6ccccc6c6ccccc6c5ccc43)nc21. The van der Waals surface area contributed by atoms with Crippen molar-refractivity contribution in [3.63, 3.8) is 0 Å². The lowest BCUT2D eigenvalue weighted by molar-refractivity contribution is 0.632. The van der Waals surface area contributed by atoms with Gasteiger partial charge in [-0.05, 0) is 152 Å². The number of furan rings is 1. The number of para-hydroxylation sites is 1. The minimum Gasteiger partial charge on any atom is -0.437 e. The number of fused-ring (bicyclic) bond motifs is 28. The zero-order chi connectivity index (χ0) is 64.2. The third-order valence-corrected chi connectivity index (χ3v) is 21.6. The molecule has 0 bridgehead atoms. The molecule has 5 aromatic heterocycles. The fourth-order valence-corrected chi connectivity index (χ4v) is 17.2. The quantitative estimate of drug-likeness (QED) is 0.161. The summed E-state index contributed by atoms with van der Waals surface area (Å²) in [4.78, 5) is 22.7. The molecule has 22 rings (SSSR count). The number of nitrogens with zero attached hydrogens (tertiary/aromatic N) is 6. The first-order valence-corrected chi connectivity index (χ1v) is 33.7. The van der Waals surface area contributed by atoms with Gasteiger partial charge in [-0.1, -0.05) is 250 Å². The summed E-state index contributed by atoms with van der Waals surface area (Å²) < 4.78 is 11.3. The van der Waals surface area contributed by atoms with E-state index < -0.39 is 5.41 Å². The maximum atomic E-state index is 6.66. The van der Waals surface area contributed by atoms with Crippen LogP contribution in [-0.4, -0.2) is 29.1 Å². The standard InChI is InChI=1S/C91H54N6O/c1-91(2)73-42-38-58(46-70(73)83-85(51-21-5-3-6-22-51)92-89(94-87(83)91)96-74-43-40-65-61-31-14-13-29-59(61)60-30-17-18-34-64(60)79(65)81(74)71-47-53-25-9-11-27-55(53)49-76(71)96)57-37-39-67-69(45-57)63-33-16-15-32-62(63)66-41-44-75-82(80(66)67)72-48-54-26-10-12-28-56(54)50-77(72)97(75)90-93-86(52-23-7-4-8-24-52)84-68-35-19-20-36-78(68)98-88(84)95-90/h3-50H,1-2H3. The number of rotatable bonds is 5. The van der Waals surface area contributed by atoms with Gasteiger partial charge in [0.25, 0.3) is 0 Å². The molecule has 16 aromatic carbocycles. The Bertz CT molecular complexity index is 7100. The van der Waals surface area contributed by atoms with E-state index in [2.05, 4.69) is 296 Å². The van der Waals surface area contributed by atoms with Gasteiger partial charge in [-0.25, -0.2) is 15.0 Å². The zero-order valence-electron chi connectivity index (χ0n) is 53.3. The summed E-state index contributed by atoms with van der Waals surface area (Å²) in [5.74, 6) is 1.20. The van der Waals surface area contributed by atoms with E-state index in [4.69, 9.17) is 24.4 Å². The third-order valence-electron chi connectivity index (χ3n) is 21.6. The second-order valence-corrected chi connectivity index (χ2v) is 27.1. The highest BCUT2D eigenvalue weighted by molar-refractivity contribution is 6.38. The Labute approximate surface area is 560 Å². The average molecular weight is 1250 g/mol. The summed E-state index contributed by atoms with van der Waals surface area (Å²) in [5.41, 5.74) is 15.5. The Balaban J connectivity index is 0.765. The fourth-order valence-electron chi connectivity index (χ4n) is 17.2. The van der Waals surface area contributed by atoms with Crippen LogP contribution >= 0.6 is 0 Å². The third kappa shape index (κ3) is 7.31. The van der Waals surface area contributed by atoms with E-state index in [1.165, 1.54) is 91.7 Å². The van der Waals surface area contributed by atoms with E-state index in [9.17, 15) is 0 Å². The van der Waals surface area contributed by atoms with Gasteiger partial charge in [-0.2, -0.15) is 4.98 Å². The van der Waals surface area contributed by atoms with Gasteiger partial charge in [0.05, 0.1) is 44.5 Å². The predicted molar refractivity (Wildman–Crippen MR) is 407 cm³/mol. The van der Waals surface area contributed by atoms with Crippen LogP contribution in [0.15, 0.2) is 296 Å². The summed E-state index contributed by atoms with van der Waals surface area (Å²) in [6.45, 7) is 4.68. The molecule has 21 aromatic rings. The molecule has 7 heteroatoms. The second kappa shape index (κ2) is 19.6. The van der Waals surface area contributed by atoms with Gasteiger partial charge in [0.1, 0.15) is 5.58 Å². The van der Waals surface area contributed by atoms with Crippen LogP contribution in [0.1, 0.15) is 25.1 Å². The highest BCUT2D eigenvalue weighted by atomic mass is 16.3. The van der Waals surface area contributed by atoms with Crippen LogP contribution in [0.25, 0.3) is 209 Å². The number of hydrogen-bond donors (Lipinski definition) is 0. The van der Waals surface area contributed by atoms with Crippen LogP contribution in [0.5, 0.6) is 0 Å². The smallest absolute Gasteiger partial charge is 0.238 e. The Morgan fingerprint density at radius 2 is 0.714 bits per heavy atom. The van der Waals surface area contributed by atoms with Crippen molar-refractivity contribution < 1.29 is 4.42 Å². The minimum atomic E-state index is -0.488. The topological polar surface area (TPSA) is 74.6 Å². The first-order chi connectivity index (χ1) is 48.4. The molecule has 0 unspecified atom stereocenters. The summed E-state index contributed by atoms with van der Waals surface area (Å²) in [5, 5.41) is 25.8. The van der Waals surface area contributed by atoms with Gasteiger partial charge >= 0.3 is 0 Å². The molecular formula is C91H54N6O. The fraction of sp³-hybridized carbons (Fsp3) is 0.0330. The molecule has 0 spiro atoms. The second-order valence-electron chi connectivity index (χ2n) is 27.1. The van der Waals surface area contributed by atoms with Gasteiger partial charge in [-0.3, -0.25) is 9.13 Å². The largest absolute Gasteiger partial charge is 0.437 e. The highest BCUT2D eigenvalue weighted by Gasteiger charge is 2.41. The summed E-state index contributed by atoms with van der Waals surface area (Å²) >= 11 is 0. The van der Waals surface area contributed by atoms with Gasteiger partial charge in [0.15, 0.2) is 0 Å². The molecule has 0 atom stereocenters. The molecule has 0 aliphatic heterocycles. The summed E-state index contributed by atoms with van der Waals surface area (Å²) in [6.07, 6.45) is 0. The van der Waals surface area contributed by atoms with Crippen LogP contribution < -0.4 is 0 Å². The summed E-state index contributed by atoms with van der Waals surface area (Å²) in [6, 6.07) is 106. The van der Waals surface area contributed by atoms with Crippen molar-refractivity contribution in [2.45, 2.75) is 19.3 Å². The average Bonchev–Trinajstić information content (AvgIpc) is 1.53. The van der Waals surface area contributed by atoms with Crippen molar-refractivity contribution >= 4 is 152 Å². The minimum absolute atomic E-state index is 0.488. The van der Waals surface area contributed by atoms with Crippen LogP contribution in [0.3, 0.4) is 0 Å². The summed E-state index contributed by atoms with van der Waals surface area (Å²) in [7, 11) is 0. The maximum Gasteiger partial charge on any atom is 0.238 e. The molecule has 0 saturated carbocycles. The number of aromatic nitrogens is 6. The van der Waals surface area contributed by atoms with E-state index in [-0.39, 0.29) is 0 Å². The van der Waals surface area contributed by atoms with Crippen LogP contribution in [0.4, 0.5) is 0 Å². The Kier molecular flexibility index (Phi) is 10.7. The highest BCUT2D eigenvalue weighted by Crippen LogP contribution is 2.54. The molecule has 5 heterocycles. The zero-order valence-corrected chi connectivity index (χ0v) is 53.3. The van der Waals surface area contributed by atoms with Crippen LogP contribution in [-0.2, 0) is 5.41 Å². The molecule has 7 nitrogen and oxygen atoms in total. The van der Waals surface area contributed by atoms with Crippen LogP contribution in [0, 0.1) is 0 Å². The van der Waals surface area contributed by atoms with Gasteiger partial charge in [-0.15, -0.1) is 0 Å². The molecule has 0 saturated heterocycles. The van der Waals surface area contributed by atoms with Gasteiger partial charge in [0.2, 0.25) is 17.6 Å². The molecule has 0 radical (unpaired) electrons. The molecule has 0 N–H and O–H groups in total. The first kappa shape index (κ1) is 53.5. The molecule has 0 amide bonds. The number of hydrogen-bond acceptors (Lipinski definition) is 5. The van der Waals surface area contributed by atoms with Crippen LogP contribution in [0.2, 0.25) is 0 Å². The van der Waals surface area contributed by atoms with E-state index in [0.717, 1.165) is 110 Å². The Morgan fingerprint density at radius 3 is 1.31 bits per heavy atom.